The Morgan fingerprint density at radius 3 is 2.52 bits per heavy atom. The quantitative estimate of drug-likeness (QED) is 0.660. The van der Waals surface area contributed by atoms with E-state index in [0.717, 1.165) is 22.4 Å². The fourth-order valence-electron chi connectivity index (χ4n) is 4.28. The molecule has 1 saturated heterocycles. The van der Waals surface area contributed by atoms with Crippen LogP contribution in [0.5, 0.6) is 11.5 Å². The third kappa shape index (κ3) is 4.04. The topological polar surface area (TPSA) is 91.3 Å². The van der Waals surface area contributed by atoms with Gasteiger partial charge in [-0.3, -0.25) is 4.99 Å². The Morgan fingerprint density at radius 2 is 1.87 bits per heavy atom. The number of nitrogens with zero attached hydrogens (tertiary/aromatic N) is 1. The first-order valence-corrected chi connectivity index (χ1v) is 12.0. The number of carbonyl (C=O) groups excluding carboxylic acids is 1. The average molecular weight is 444 g/mol. The first kappa shape index (κ1) is 21.4. The van der Waals surface area contributed by atoms with Gasteiger partial charge >= 0.3 is 5.97 Å². The molecule has 2 heterocycles. The molecule has 7 nitrogen and oxygen atoms in total. The maximum Gasteiger partial charge on any atom is 0.337 e. The second-order valence-corrected chi connectivity index (χ2v) is 9.88. The van der Waals surface area contributed by atoms with Gasteiger partial charge < -0.3 is 14.2 Å². The van der Waals surface area contributed by atoms with E-state index in [1.807, 2.05) is 31.2 Å². The van der Waals surface area contributed by atoms with Crippen molar-refractivity contribution in [1.82, 2.24) is 0 Å². The molecule has 0 amide bonds. The van der Waals surface area contributed by atoms with E-state index in [1.54, 1.807) is 19.2 Å². The number of hydrogen-bond donors (Lipinski definition) is 0. The molecule has 0 spiro atoms. The van der Waals surface area contributed by atoms with Gasteiger partial charge in [-0.15, -0.1) is 0 Å². The van der Waals surface area contributed by atoms with E-state index in [0.29, 0.717) is 30.1 Å². The Morgan fingerprint density at radius 1 is 1.13 bits per heavy atom. The minimum Gasteiger partial charge on any atom is -0.493 e. The smallest absolute Gasteiger partial charge is 0.337 e. The molecule has 0 N–H and O–H groups in total. The Hall–Kier alpha value is -2.87. The lowest BCUT2D eigenvalue weighted by Gasteiger charge is -2.35. The number of sulfone groups is 1. The van der Waals surface area contributed by atoms with Crippen LogP contribution in [0.15, 0.2) is 41.4 Å². The number of carbonyl (C=O) groups is 1. The van der Waals surface area contributed by atoms with Gasteiger partial charge in [-0.05, 0) is 43.2 Å². The maximum atomic E-state index is 12.4. The lowest BCUT2D eigenvalue weighted by molar-refractivity contribution is 0.0600. The van der Waals surface area contributed by atoms with Crippen molar-refractivity contribution < 1.29 is 27.4 Å². The molecule has 0 radical (unpaired) electrons. The molecule has 0 aliphatic carbocycles. The Bertz CT molecular complexity index is 1140. The monoisotopic (exact) mass is 443 g/mol. The third-order valence-electron chi connectivity index (χ3n) is 5.79. The van der Waals surface area contributed by atoms with Crippen LogP contribution in [0, 0.1) is 0 Å². The predicted octanol–water partition coefficient (Wildman–Crippen LogP) is 3.00. The number of ether oxygens (including phenoxy) is 3. The van der Waals surface area contributed by atoms with E-state index in [9.17, 15) is 13.2 Å². The summed E-state index contributed by atoms with van der Waals surface area (Å²) in [6.07, 6.45) is 0.478. The number of aliphatic imine (C=N–C) groups is 1. The van der Waals surface area contributed by atoms with Crippen molar-refractivity contribution in [2.75, 3.05) is 32.3 Å². The SMILES string of the molecule is CCOc1cc2c(cc1OC)C(c1ccc(C(=O)OC)cc1)=N[C@@H]1CCS(=O)(=O)C[C@H]21. The molecule has 2 aromatic carbocycles. The largest absolute Gasteiger partial charge is 0.493 e. The van der Waals surface area contributed by atoms with Gasteiger partial charge in [0.1, 0.15) is 0 Å². The highest BCUT2D eigenvalue weighted by Gasteiger charge is 2.39. The van der Waals surface area contributed by atoms with E-state index in [2.05, 4.69) is 0 Å². The van der Waals surface area contributed by atoms with Gasteiger partial charge in [0.25, 0.3) is 0 Å². The summed E-state index contributed by atoms with van der Waals surface area (Å²) >= 11 is 0. The van der Waals surface area contributed by atoms with Gasteiger partial charge in [0.05, 0.1) is 49.6 Å². The number of esters is 1. The van der Waals surface area contributed by atoms with Crippen LogP contribution in [0.1, 0.15) is 46.3 Å². The Kier molecular flexibility index (Phi) is 5.75. The molecule has 31 heavy (non-hydrogen) atoms. The molecule has 8 heteroatoms. The molecule has 0 bridgehead atoms. The molecule has 0 unspecified atom stereocenters. The van der Waals surface area contributed by atoms with Crippen LogP contribution in [-0.2, 0) is 14.6 Å². The first-order valence-electron chi connectivity index (χ1n) is 10.2. The van der Waals surface area contributed by atoms with Crippen LogP contribution in [0.3, 0.4) is 0 Å². The molecule has 1 fully saturated rings. The molecule has 2 aliphatic rings. The molecular weight excluding hydrogens is 418 g/mol. The predicted molar refractivity (Wildman–Crippen MR) is 117 cm³/mol. The molecule has 0 saturated carbocycles. The average Bonchev–Trinajstić information content (AvgIpc) is 2.77. The molecule has 4 rings (SSSR count). The highest BCUT2D eigenvalue weighted by molar-refractivity contribution is 7.91. The van der Waals surface area contributed by atoms with Gasteiger partial charge in [-0.2, -0.15) is 0 Å². The van der Waals surface area contributed by atoms with E-state index >= 15 is 0 Å². The van der Waals surface area contributed by atoms with E-state index in [1.165, 1.54) is 7.11 Å². The van der Waals surface area contributed by atoms with Crippen molar-refractivity contribution >= 4 is 21.5 Å². The second-order valence-electron chi connectivity index (χ2n) is 7.65. The molecule has 2 aromatic rings. The number of fused-ring (bicyclic) bond motifs is 3. The Balaban J connectivity index is 1.86. The summed E-state index contributed by atoms with van der Waals surface area (Å²) in [7, 11) is -0.213. The Labute approximate surface area is 182 Å². The van der Waals surface area contributed by atoms with Gasteiger partial charge in [-0.25, -0.2) is 13.2 Å². The van der Waals surface area contributed by atoms with Crippen LogP contribution < -0.4 is 9.47 Å². The highest BCUT2D eigenvalue weighted by Crippen LogP contribution is 2.42. The van der Waals surface area contributed by atoms with Crippen molar-refractivity contribution in [3.05, 3.63) is 58.7 Å². The van der Waals surface area contributed by atoms with Crippen LogP contribution in [0.25, 0.3) is 0 Å². The van der Waals surface area contributed by atoms with Crippen LogP contribution >= 0.6 is 0 Å². The van der Waals surface area contributed by atoms with E-state index in [4.69, 9.17) is 19.2 Å². The second kappa shape index (κ2) is 8.34. The zero-order valence-corrected chi connectivity index (χ0v) is 18.6. The van der Waals surface area contributed by atoms with Crippen LogP contribution in [-0.4, -0.2) is 58.5 Å². The van der Waals surface area contributed by atoms with Crippen molar-refractivity contribution in [3.8, 4) is 11.5 Å². The molecule has 164 valence electrons. The van der Waals surface area contributed by atoms with Gasteiger partial charge in [0, 0.05) is 17.0 Å². The third-order valence-corrected chi connectivity index (χ3v) is 7.51. The van der Waals surface area contributed by atoms with Crippen LogP contribution in [0.2, 0.25) is 0 Å². The molecule has 2 atom stereocenters. The van der Waals surface area contributed by atoms with Crippen LogP contribution in [0.4, 0.5) is 0 Å². The first-order chi connectivity index (χ1) is 14.9. The number of benzene rings is 2. The normalized spacial score (nSPS) is 21.3. The zero-order chi connectivity index (χ0) is 22.2. The zero-order valence-electron chi connectivity index (χ0n) is 17.8. The minimum atomic E-state index is -3.13. The molecular formula is C23H25NO6S. The number of hydrogen-bond acceptors (Lipinski definition) is 7. The highest BCUT2D eigenvalue weighted by atomic mass is 32.2. The fraction of sp³-hybridized carbons (Fsp3) is 0.391. The number of methoxy groups -OCH3 is 2. The minimum absolute atomic E-state index is 0.0701. The van der Waals surface area contributed by atoms with Gasteiger partial charge in [0.15, 0.2) is 21.3 Å². The molecule has 0 aromatic heterocycles. The fourth-order valence-corrected chi connectivity index (χ4v) is 6.00. The van der Waals surface area contributed by atoms with Gasteiger partial charge in [-0.1, -0.05) is 12.1 Å². The van der Waals surface area contributed by atoms with Crippen molar-refractivity contribution in [2.45, 2.75) is 25.3 Å². The standard InChI is InChI=1S/C23H25NO6S/c1-4-30-21-11-16-17(12-20(21)28-2)22(14-5-7-15(8-6-14)23(25)29-3)24-19-9-10-31(26,27)13-18(16)19/h5-8,11-12,18-19H,4,9-10,13H2,1-3H3/t18-,19-/m1/s1. The maximum absolute atomic E-state index is 12.4. The van der Waals surface area contributed by atoms with Crippen molar-refractivity contribution in [2.24, 2.45) is 4.99 Å². The summed E-state index contributed by atoms with van der Waals surface area (Å²) in [6, 6.07) is 10.7. The van der Waals surface area contributed by atoms with Crippen molar-refractivity contribution in [1.29, 1.82) is 0 Å². The molecule has 2 aliphatic heterocycles. The summed E-state index contributed by atoms with van der Waals surface area (Å²) < 4.78 is 40.8. The summed E-state index contributed by atoms with van der Waals surface area (Å²) in [5.41, 5.74) is 3.78. The number of rotatable bonds is 5. The van der Waals surface area contributed by atoms with Crippen molar-refractivity contribution in [3.63, 3.8) is 0 Å². The van der Waals surface area contributed by atoms with E-state index in [-0.39, 0.29) is 23.5 Å². The summed E-state index contributed by atoms with van der Waals surface area (Å²) in [4.78, 5) is 16.8. The summed E-state index contributed by atoms with van der Waals surface area (Å²) in [6.45, 7) is 2.36. The lowest BCUT2D eigenvalue weighted by Crippen LogP contribution is -2.38. The van der Waals surface area contributed by atoms with Gasteiger partial charge in [0.2, 0.25) is 0 Å². The lowest BCUT2D eigenvalue weighted by atomic mass is 9.81. The summed E-state index contributed by atoms with van der Waals surface area (Å²) in [5, 5.41) is 0. The van der Waals surface area contributed by atoms with E-state index < -0.39 is 15.8 Å². The summed E-state index contributed by atoms with van der Waals surface area (Å²) in [5.74, 6) is 0.732.